The van der Waals surface area contributed by atoms with Crippen molar-refractivity contribution >= 4 is 5.78 Å². The van der Waals surface area contributed by atoms with Crippen molar-refractivity contribution in [2.24, 2.45) is 0 Å². The van der Waals surface area contributed by atoms with Gasteiger partial charge in [-0.25, -0.2) is 0 Å². The van der Waals surface area contributed by atoms with E-state index in [0.29, 0.717) is 23.7 Å². The molecule has 0 bridgehead atoms. The number of rotatable bonds is 10. The van der Waals surface area contributed by atoms with Crippen LogP contribution in [0, 0.1) is 18.3 Å². The van der Waals surface area contributed by atoms with E-state index < -0.39 is 23.3 Å². The fraction of sp³-hybridized carbons (Fsp3) is 0.321. The third kappa shape index (κ3) is 5.36. The van der Waals surface area contributed by atoms with Crippen LogP contribution in [0.4, 0.5) is 0 Å². The molecule has 8 heteroatoms. The van der Waals surface area contributed by atoms with Crippen molar-refractivity contribution in [3.05, 3.63) is 80.6 Å². The van der Waals surface area contributed by atoms with Crippen molar-refractivity contribution in [1.29, 1.82) is 5.26 Å². The Kier molecular flexibility index (Phi) is 8.38. The van der Waals surface area contributed by atoms with E-state index in [4.69, 9.17) is 14.2 Å². The van der Waals surface area contributed by atoms with Crippen LogP contribution in [0.3, 0.4) is 0 Å². The number of nitrogens with zero attached hydrogens (tertiary/aromatic N) is 2. The summed E-state index contributed by atoms with van der Waals surface area (Å²) in [5.74, 6) is 0.587. The number of aromatic nitrogens is 1. The van der Waals surface area contributed by atoms with Crippen LogP contribution in [-0.4, -0.2) is 35.8 Å². The molecule has 0 amide bonds. The van der Waals surface area contributed by atoms with Crippen LogP contribution in [-0.2, 0) is 19.4 Å². The van der Waals surface area contributed by atoms with Gasteiger partial charge < -0.3 is 19.3 Å². The molecule has 36 heavy (non-hydrogen) atoms. The van der Waals surface area contributed by atoms with Gasteiger partial charge in [-0.1, -0.05) is 25.1 Å². The summed E-state index contributed by atoms with van der Waals surface area (Å²) in [6.07, 6.45) is 0.264. The van der Waals surface area contributed by atoms with E-state index in [1.807, 2.05) is 31.2 Å². The number of Topliss-reactive ketones (excluding diaryl/α,β-unsaturated/α-hetero) is 1. The van der Waals surface area contributed by atoms with Crippen LogP contribution in [0.1, 0.15) is 46.5 Å². The number of ether oxygens (including phenoxy) is 3. The van der Waals surface area contributed by atoms with E-state index in [-0.39, 0.29) is 23.2 Å². The Morgan fingerprint density at radius 3 is 2.31 bits per heavy atom. The summed E-state index contributed by atoms with van der Waals surface area (Å²) in [4.78, 5) is 26.3. The molecule has 2 aromatic carbocycles. The molecule has 8 nitrogen and oxygen atoms in total. The summed E-state index contributed by atoms with van der Waals surface area (Å²) >= 11 is 0. The van der Waals surface area contributed by atoms with Crippen LogP contribution in [0.5, 0.6) is 23.1 Å². The maximum Gasteiger partial charge on any atom is 0.271 e. The molecule has 0 aliphatic carbocycles. The van der Waals surface area contributed by atoms with Crippen LogP contribution in [0.15, 0.2) is 47.3 Å². The minimum atomic E-state index is -0.953. The second kappa shape index (κ2) is 11.5. The number of hydrogen-bond donors (Lipinski definition) is 1. The Hall–Kier alpha value is -4.25. The quantitative estimate of drug-likeness (QED) is 0.424. The van der Waals surface area contributed by atoms with Gasteiger partial charge in [0, 0.05) is 6.54 Å². The maximum absolute atomic E-state index is 13.3. The summed E-state index contributed by atoms with van der Waals surface area (Å²) in [5.41, 5.74) is 1.13. The molecule has 0 radical (unpaired) electrons. The number of aromatic hydroxyl groups is 1. The van der Waals surface area contributed by atoms with Crippen molar-refractivity contribution in [3.63, 3.8) is 0 Å². The molecule has 1 heterocycles. The van der Waals surface area contributed by atoms with Crippen molar-refractivity contribution in [2.75, 3.05) is 14.2 Å². The van der Waals surface area contributed by atoms with E-state index in [2.05, 4.69) is 0 Å². The Morgan fingerprint density at radius 1 is 1.08 bits per heavy atom. The van der Waals surface area contributed by atoms with Gasteiger partial charge in [0.05, 0.1) is 19.8 Å². The summed E-state index contributed by atoms with van der Waals surface area (Å²) in [6.45, 7) is 5.14. The zero-order valence-corrected chi connectivity index (χ0v) is 21.1. The first kappa shape index (κ1) is 26.4. The highest BCUT2D eigenvalue weighted by Gasteiger charge is 2.28. The molecule has 3 rings (SSSR count). The average Bonchev–Trinajstić information content (AvgIpc) is 2.88. The van der Waals surface area contributed by atoms with Gasteiger partial charge >= 0.3 is 0 Å². The first-order chi connectivity index (χ1) is 17.2. The lowest BCUT2D eigenvalue weighted by atomic mass is 9.99. The molecule has 3 aromatic rings. The van der Waals surface area contributed by atoms with Crippen molar-refractivity contribution in [1.82, 2.24) is 4.57 Å². The number of aryl methyl sites for hydroxylation is 2. The van der Waals surface area contributed by atoms with Gasteiger partial charge in [-0.05, 0) is 67.6 Å². The minimum Gasteiger partial charge on any atom is -0.494 e. The molecule has 0 spiro atoms. The summed E-state index contributed by atoms with van der Waals surface area (Å²) in [5, 5.41) is 20.7. The number of ketones is 1. The molecule has 0 fully saturated rings. The van der Waals surface area contributed by atoms with Crippen LogP contribution < -0.4 is 19.8 Å². The summed E-state index contributed by atoms with van der Waals surface area (Å²) in [7, 11) is 3.06. The van der Waals surface area contributed by atoms with Gasteiger partial charge in [0.1, 0.15) is 17.4 Å². The lowest BCUT2D eigenvalue weighted by molar-refractivity contribution is 0.0812. The normalized spacial score (nSPS) is 11.4. The predicted octanol–water partition coefficient (Wildman–Crippen LogP) is 4.21. The molecular weight excluding hydrogens is 460 g/mol. The number of benzene rings is 2. The standard InChI is InChI=1S/C28H30N2O6/c1-6-19-7-10-21(11-8-19)36-18(3)26(31)25-17(2)22(16-29)27(32)30(28(25)33)14-13-20-9-12-23(34-4)24(15-20)35-5/h7-12,15,18,33H,6,13-14H2,1-5H3. The molecule has 0 aliphatic rings. The SMILES string of the molecule is CCc1ccc(OC(C)C(=O)c2c(C)c(C#N)c(=O)n(CCc3ccc(OC)c(OC)c3)c2O)cc1. The highest BCUT2D eigenvalue weighted by molar-refractivity contribution is 6.03. The van der Waals surface area contributed by atoms with Crippen LogP contribution in [0.25, 0.3) is 0 Å². The minimum absolute atomic E-state index is 0.0447. The predicted molar refractivity (Wildman–Crippen MR) is 135 cm³/mol. The fourth-order valence-electron chi connectivity index (χ4n) is 3.99. The fourth-order valence-corrected chi connectivity index (χ4v) is 3.99. The van der Waals surface area contributed by atoms with Gasteiger partial charge in [0.2, 0.25) is 11.7 Å². The molecule has 1 atom stereocenters. The number of carbonyl (C=O) groups is 1. The molecule has 1 N–H and O–H groups in total. The summed E-state index contributed by atoms with van der Waals surface area (Å²) < 4.78 is 17.4. The van der Waals surface area contributed by atoms with E-state index in [1.54, 1.807) is 31.2 Å². The second-order valence-electron chi connectivity index (χ2n) is 8.33. The van der Waals surface area contributed by atoms with Gasteiger partial charge in [0.25, 0.3) is 5.56 Å². The van der Waals surface area contributed by atoms with Gasteiger partial charge in [-0.2, -0.15) is 5.26 Å². The number of carbonyl (C=O) groups excluding carboxylic acids is 1. The monoisotopic (exact) mass is 490 g/mol. The molecule has 0 saturated carbocycles. The number of nitriles is 1. The first-order valence-electron chi connectivity index (χ1n) is 11.6. The molecule has 0 aliphatic heterocycles. The molecular formula is C28H30N2O6. The van der Waals surface area contributed by atoms with Gasteiger partial charge in [-0.3, -0.25) is 14.2 Å². The van der Waals surface area contributed by atoms with Gasteiger partial charge in [-0.15, -0.1) is 0 Å². The Balaban J connectivity index is 1.93. The zero-order chi connectivity index (χ0) is 26.4. The Morgan fingerprint density at radius 2 is 1.72 bits per heavy atom. The average molecular weight is 491 g/mol. The Bertz CT molecular complexity index is 1350. The molecule has 1 aromatic heterocycles. The maximum atomic E-state index is 13.3. The number of pyridine rings is 1. The molecule has 188 valence electrons. The van der Waals surface area contributed by atoms with Gasteiger partial charge in [0.15, 0.2) is 17.6 Å². The third-order valence-electron chi connectivity index (χ3n) is 6.13. The van der Waals surface area contributed by atoms with Crippen LogP contribution >= 0.6 is 0 Å². The first-order valence-corrected chi connectivity index (χ1v) is 11.6. The van der Waals surface area contributed by atoms with E-state index in [1.165, 1.54) is 21.1 Å². The van der Waals surface area contributed by atoms with E-state index in [9.17, 15) is 20.0 Å². The van der Waals surface area contributed by atoms with E-state index in [0.717, 1.165) is 22.1 Å². The number of methoxy groups -OCH3 is 2. The van der Waals surface area contributed by atoms with Crippen molar-refractivity contribution in [2.45, 2.75) is 46.3 Å². The Labute approximate surface area is 210 Å². The molecule has 0 saturated heterocycles. The highest BCUT2D eigenvalue weighted by atomic mass is 16.5. The largest absolute Gasteiger partial charge is 0.494 e. The van der Waals surface area contributed by atoms with E-state index >= 15 is 0 Å². The molecule has 1 unspecified atom stereocenters. The third-order valence-corrected chi connectivity index (χ3v) is 6.13. The van der Waals surface area contributed by atoms with Crippen LogP contribution in [0.2, 0.25) is 0 Å². The zero-order valence-electron chi connectivity index (χ0n) is 21.1. The topological polar surface area (TPSA) is 111 Å². The smallest absolute Gasteiger partial charge is 0.271 e. The summed E-state index contributed by atoms with van der Waals surface area (Å²) in [6, 6.07) is 14.6. The second-order valence-corrected chi connectivity index (χ2v) is 8.33. The van der Waals surface area contributed by atoms with Crippen molar-refractivity contribution in [3.8, 4) is 29.2 Å². The van der Waals surface area contributed by atoms with Crippen molar-refractivity contribution < 1.29 is 24.1 Å². The lowest BCUT2D eigenvalue weighted by Crippen LogP contribution is -2.31. The lowest BCUT2D eigenvalue weighted by Gasteiger charge is -2.19. The highest BCUT2D eigenvalue weighted by Crippen LogP contribution is 2.29. The number of hydrogen-bond acceptors (Lipinski definition) is 7.